The van der Waals surface area contributed by atoms with Gasteiger partial charge >= 0.3 is 0 Å². The molecule has 0 spiro atoms. The summed E-state index contributed by atoms with van der Waals surface area (Å²) < 4.78 is 0. The van der Waals surface area contributed by atoms with Gasteiger partial charge in [-0.05, 0) is 146 Å². The fourth-order valence-corrected chi connectivity index (χ4v) is 10.9. The van der Waals surface area contributed by atoms with Crippen LogP contribution in [-0.4, -0.2) is 0 Å². The van der Waals surface area contributed by atoms with E-state index in [1.54, 1.807) is 0 Å². The second kappa shape index (κ2) is 11.9. The first-order valence-electron chi connectivity index (χ1n) is 20.7. The van der Waals surface area contributed by atoms with Crippen LogP contribution < -0.4 is 0 Å². The third kappa shape index (κ3) is 4.58. The Morgan fingerprint density at radius 1 is 0.259 bits per heavy atom. The van der Waals surface area contributed by atoms with Crippen molar-refractivity contribution in [3.63, 3.8) is 0 Å². The summed E-state index contributed by atoms with van der Waals surface area (Å²) in [5.41, 5.74) is 21.1. The molecule has 0 aliphatic heterocycles. The molecule has 0 N–H and O–H groups in total. The predicted molar refractivity (Wildman–Crippen MR) is 247 cm³/mol. The summed E-state index contributed by atoms with van der Waals surface area (Å²) in [5.74, 6) is 0. The minimum Gasteiger partial charge on any atom is -0.0622 e. The molecule has 12 rings (SSSR count). The lowest BCUT2D eigenvalue weighted by atomic mass is 9.79. The Morgan fingerprint density at radius 2 is 0.690 bits per heavy atom. The maximum absolute atomic E-state index is 2.51. The van der Waals surface area contributed by atoms with Crippen molar-refractivity contribution in [2.75, 3.05) is 0 Å². The lowest BCUT2D eigenvalue weighted by molar-refractivity contribution is 0.652. The topological polar surface area (TPSA) is 0 Å². The van der Waals surface area contributed by atoms with E-state index in [1.165, 1.54) is 121 Å². The highest BCUT2D eigenvalue weighted by molar-refractivity contribution is 6.27. The molecule has 2 aliphatic carbocycles. The van der Waals surface area contributed by atoms with Gasteiger partial charge in [-0.2, -0.15) is 0 Å². The Balaban J connectivity index is 0.962. The van der Waals surface area contributed by atoms with Crippen molar-refractivity contribution in [3.8, 4) is 66.8 Å². The van der Waals surface area contributed by atoms with Gasteiger partial charge in [-0.3, -0.25) is 0 Å². The molecule has 0 radical (unpaired) electrons. The summed E-state index contributed by atoms with van der Waals surface area (Å²) in [4.78, 5) is 0. The van der Waals surface area contributed by atoms with Gasteiger partial charge < -0.3 is 0 Å². The van der Waals surface area contributed by atoms with Gasteiger partial charge in [0, 0.05) is 10.8 Å². The van der Waals surface area contributed by atoms with Crippen molar-refractivity contribution < 1.29 is 0 Å². The first-order chi connectivity index (χ1) is 28.3. The Kier molecular flexibility index (Phi) is 6.84. The van der Waals surface area contributed by atoms with Crippen molar-refractivity contribution in [2.45, 2.75) is 38.5 Å². The fraction of sp³-hybridized carbons (Fsp3) is 0.103. The van der Waals surface area contributed by atoms with Gasteiger partial charge in [0.2, 0.25) is 0 Å². The second-order valence-electron chi connectivity index (χ2n) is 17.6. The highest BCUT2D eigenvalue weighted by atomic mass is 14.4. The molecule has 0 heterocycles. The molecule has 0 saturated carbocycles. The SMILES string of the molecule is CC1(C)c2ccccc2-c2cc3c(cc21)-c1ccc(-c2ccccc2-c2cccc(-c4ccc5ccc6c(-c7ccccc7)ccc7ccc4c5c76)c2)cc1C3(C)C. The van der Waals surface area contributed by atoms with Crippen LogP contribution >= 0.6 is 0 Å². The summed E-state index contributed by atoms with van der Waals surface area (Å²) in [5, 5.41) is 7.86. The van der Waals surface area contributed by atoms with E-state index in [2.05, 4.69) is 210 Å². The predicted octanol–water partition coefficient (Wildman–Crippen LogP) is 15.9. The molecule has 0 heteroatoms. The maximum Gasteiger partial charge on any atom is 0.0159 e. The molecule has 0 aromatic heterocycles. The van der Waals surface area contributed by atoms with E-state index in [-0.39, 0.29) is 10.8 Å². The number of hydrogen-bond donors (Lipinski definition) is 0. The first kappa shape index (κ1) is 33.4. The van der Waals surface area contributed by atoms with Crippen LogP contribution in [0.4, 0.5) is 0 Å². The minimum absolute atomic E-state index is 0.0230. The molecule has 0 atom stereocenters. The lowest BCUT2D eigenvalue weighted by Crippen LogP contribution is -2.17. The minimum atomic E-state index is -0.122. The van der Waals surface area contributed by atoms with Crippen LogP contribution in [0.25, 0.3) is 99.1 Å². The summed E-state index contributed by atoms with van der Waals surface area (Å²) in [6.45, 7) is 9.58. The van der Waals surface area contributed by atoms with E-state index in [1.807, 2.05) is 0 Å². The molecule has 0 fully saturated rings. The number of benzene rings is 10. The largest absolute Gasteiger partial charge is 0.0622 e. The average Bonchev–Trinajstić information content (AvgIpc) is 3.63. The zero-order valence-electron chi connectivity index (χ0n) is 33.3. The monoisotopic (exact) mass is 738 g/mol. The van der Waals surface area contributed by atoms with Gasteiger partial charge in [-0.1, -0.05) is 185 Å². The molecule has 0 nitrogen and oxygen atoms in total. The highest BCUT2D eigenvalue weighted by Gasteiger charge is 2.41. The molecular formula is C58H42. The van der Waals surface area contributed by atoms with Crippen molar-refractivity contribution in [1.29, 1.82) is 0 Å². The van der Waals surface area contributed by atoms with Gasteiger partial charge in [0.25, 0.3) is 0 Å². The standard InChI is InChI=1S/C58H42/c1-57(2)51-20-11-10-19-45(51)49-33-54-50(34-53(49)57)46-28-25-40(32-52(46)58(54,3)4)42-18-9-8-17-41(42)38-15-12-16-39(31-38)44-27-22-37-23-29-47-43(35-13-6-5-7-14-35)26-21-36-24-30-48(44)56(37)55(36)47/h5-34H,1-4H3. The van der Waals surface area contributed by atoms with E-state index in [4.69, 9.17) is 0 Å². The van der Waals surface area contributed by atoms with Crippen LogP contribution in [0.1, 0.15) is 49.9 Å². The van der Waals surface area contributed by atoms with Crippen molar-refractivity contribution in [3.05, 3.63) is 204 Å². The normalized spacial score (nSPS) is 14.5. The van der Waals surface area contributed by atoms with Crippen LogP contribution in [0.5, 0.6) is 0 Å². The molecule has 58 heavy (non-hydrogen) atoms. The van der Waals surface area contributed by atoms with Crippen LogP contribution in [0, 0.1) is 0 Å². The van der Waals surface area contributed by atoms with E-state index in [0.29, 0.717) is 0 Å². The van der Waals surface area contributed by atoms with E-state index >= 15 is 0 Å². The molecule has 0 saturated heterocycles. The fourth-order valence-electron chi connectivity index (χ4n) is 10.9. The van der Waals surface area contributed by atoms with Crippen LogP contribution in [-0.2, 0) is 10.8 Å². The average molecular weight is 739 g/mol. The quantitative estimate of drug-likeness (QED) is 0.158. The third-order valence-corrected chi connectivity index (χ3v) is 13.9. The van der Waals surface area contributed by atoms with Crippen molar-refractivity contribution >= 4 is 32.3 Å². The zero-order chi connectivity index (χ0) is 38.9. The van der Waals surface area contributed by atoms with Gasteiger partial charge in [0.15, 0.2) is 0 Å². The molecule has 0 bridgehead atoms. The van der Waals surface area contributed by atoms with Gasteiger partial charge in [0.1, 0.15) is 0 Å². The molecule has 0 amide bonds. The Labute approximate surface area is 340 Å². The van der Waals surface area contributed by atoms with E-state index < -0.39 is 0 Å². The van der Waals surface area contributed by atoms with Gasteiger partial charge in [-0.25, -0.2) is 0 Å². The highest BCUT2D eigenvalue weighted by Crippen LogP contribution is 2.56. The van der Waals surface area contributed by atoms with Crippen LogP contribution in [0.2, 0.25) is 0 Å². The molecule has 274 valence electrons. The Morgan fingerprint density at radius 3 is 1.33 bits per heavy atom. The van der Waals surface area contributed by atoms with Gasteiger partial charge in [0.05, 0.1) is 0 Å². The number of fused-ring (bicyclic) bond motifs is 6. The molecule has 10 aromatic carbocycles. The summed E-state index contributed by atoms with van der Waals surface area (Å²) in [6, 6.07) is 68.6. The summed E-state index contributed by atoms with van der Waals surface area (Å²) in [6.07, 6.45) is 0. The van der Waals surface area contributed by atoms with Crippen LogP contribution in [0.15, 0.2) is 182 Å². The molecular weight excluding hydrogens is 697 g/mol. The summed E-state index contributed by atoms with van der Waals surface area (Å²) >= 11 is 0. The molecule has 0 unspecified atom stereocenters. The number of hydrogen-bond acceptors (Lipinski definition) is 0. The molecule has 10 aromatic rings. The zero-order valence-corrected chi connectivity index (χ0v) is 33.3. The Bertz CT molecular complexity index is 3320. The molecule has 2 aliphatic rings. The maximum atomic E-state index is 2.51. The lowest BCUT2D eigenvalue weighted by Gasteiger charge is -2.24. The van der Waals surface area contributed by atoms with E-state index in [9.17, 15) is 0 Å². The summed E-state index contributed by atoms with van der Waals surface area (Å²) in [7, 11) is 0. The van der Waals surface area contributed by atoms with Crippen molar-refractivity contribution in [2.24, 2.45) is 0 Å². The van der Waals surface area contributed by atoms with Gasteiger partial charge in [-0.15, -0.1) is 0 Å². The first-order valence-corrected chi connectivity index (χ1v) is 20.7. The second-order valence-corrected chi connectivity index (χ2v) is 17.6. The van der Waals surface area contributed by atoms with Crippen molar-refractivity contribution in [1.82, 2.24) is 0 Å². The number of rotatable bonds is 4. The smallest absolute Gasteiger partial charge is 0.0159 e. The Hall–Kier alpha value is -6.76. The van der Waals surface area contributed by atoms with E-state index in [0.717, 1.165) is 0 Å². The third-order valence-electron chi connectivity index (χ3n) is 13.9. The van der Waals surface area contributed by atoms with Crippen LogP contribution in [0.3, 0.4) is 0 Å².